The molecule has 1 amide bonds. The summed E-state index contributed by atoms with van der Waals surface area (Å²) < 4.78 is 0. The van der Waals surface area contributed by atoms with Crippen molar-refractivity contribution < 1.29 is 4.79 Å². The minimum atomic E-state index is -0.552. The molecule has 1 aliphatic rings. The van der Waals surface area contributed by atoms with Crippen LogP contribution in [-0.4, -0.2) is 47.7 Å². The Morgan fingerprint density at radius 1 is 1.44 bits per heavy atom. The standard InChI is InChI=1S/C12H19N5O/c1-17-6-4-9(5-7-17)8-14-11-3-2-10(12(13)18)15-16-11/h2-3,9H,4-8H2,1H3,(H2,13,18)(H,14,16). The van der Waals surface area contributed by atoms with Gasteiger partial charge in [0.05, 0.1) is 0 Å². The molecule has 0 radical (unpaired) electrons. The van der Waals surface area contributed by atoms with Gasteiger partial charge < -0.3 is 16.0 Å². The lowest BCUT2D eigenvalue weighted by molar-refractivity contribution is 0.0994. The largest absolute Gasteiger partial charge is 0.368 e. The topological polar surface area (TPSA) is 84.1 Å². The highest BCUT2D eigenvalue weighted by atomic mass is 16.1. The van der Waals surface area contributed by atoms with Gasteiger partial charge in [-0.3, -0.25) is 4.79 Å². The molecule has 1 saturated heterocycles. The van der Waals surface area contributed by atoms with Crippen LogP contribution in [0.5, 0.6) is 0 Å². The fourth-order valence-corrected chi connectivity index (χ4v) is 2.07. The first kappa shape index (κ1) is 12.8. The van der Waals surface area contributed by atoms with Gasteiger partial charge in [-0.05, 0) is 51.0 Å². The number of carbonyl (C=O) groups excluding carboxylic acids is 1. The van der Waals surface area contributed by atoms with Crippen LogP contribution in [0.2, 0.25) is 0 Å². The third kappa shape index (κ3) is 3.40. The molecule has 0 saturated carbocycles. The number of hydrogen-bond donors (Lipinski definition) is 2. The zero-order valence-corrected chi connectivity index (χ0v) is 10.6. The van der Waals surface area contributed by atoms with E-state index in [9.17, 15) is 4.79 Å². The average molecular weight is 249 g/mol. The fraction of sp³-hybridized carbons (Fsp3) is 0.583. The molecular weight excluding hydrogens is 230 g/mol. The predicted octanol–water partition coefficient (Wildman–Crippen LogP) is 0.329. The summed E-state index contributed by atoms with van der Waals surface area (Å²) >= 11 is 0. The van der Waals surface area contributed by atoms with Crippen molar-refractivity contribution in [3.05, 3.63) is 17.8 Å². The Labute approximate surface area is 107 Å². The van der Waals surface area contributed by atoms with E-state index in [1.54, 1.807) is 12.1 Å². The Balaban J connectivity index is 1.81. The molecule has 18 heavy (non-hydrogen) atoms. The van der Waals surface area contributed by atoms with Crippen LogP contribution in [0.15, 0.2) is 12.1 Å². The van der Waals surface area contributed by atoms with Crippen molar-refractivity contribution in [2.45, 2.75) is 12.8 Å². The highest BCUT2D eigenvalue weighted by Gasteiger charge is 2.16. The average Bonchev–Trinajstić information content (AvgIpc) is 2.38. The lowest BCUT2D eigenvalue weighted by atomic mass is 9.97. The molecule has 6 nitrogen and oxygen atoms in total. The van der Waals surface area contributed by atoms with Gasteiger partial charge >= 0.3 is 0 Å². The fourth-order valence-electron chi connectivity index (χ4n) is 2.07. The zero-order valence-electron chi connectivity index (χ0n) is 10.6. The maximum atomic E-state index is 10.8. The van der Waals surface area contributed by atoms with Gasteiger partial charge in [0.15, 0.2) is 5.69 Å². The first-order valence-electron chi connectivity index (χ1n) is 6.21. The van der Waals surface area contributed by atoms with Crippen LogP contribution in [0.4, 0.5) is 5.82 Å². The number of amides is 1. The van der Waals surface area contributed by atoms with Crippen LogP contribution < -0.4 is 11.1 Å². The maximum Gasteiger partial charge on any atom is 0.269 e. The van der Waals surface area contributed by atoms with Crippen LogP contribution in [0.1, 0.15) is 23.3 Å². The maximum absolute atomic E-state index is 10.8. The second-order valence-corrected chi connectivity index (χ2v) is 4.80. The zero-order chi connectivity index (χ0) is 13.0. The van der Waals surface area contributed by atoms with Gasteiger partial charge in [0.25, 0.3) is 5.91 Å². The molecule has 6 heteroatoms. The number of nitrogens with zero attached hydrogens (tertiary/aromatic N) is 3. The third-order valence-corrected chi connectivity index (χ3v) is 3.33. The van der Waals surface area contributed by atoms with Crippen molar-refractivity contribution in [1.29, 1.82) is 0 Å². The summed E-state index contributed by atoms with van der Waals surface area (Å²) in [4.78, 5) is 13.2. The van der Waals surface area contributed by atoms with E-state index in [0.29, 0.717) is 11.7 Å². The van der Waals surface area contributed by atoms with Gasteiger partial charge in [-0.2, -0.15) is 0 Å². The van der Waals surface area contributed by atoms with E-state index >= 15 is 0 Å². The first-order valence-corrected chi connectivity index (χ1v) is 6.21. The molecule has 0 atom stereocenters. The summed E-state index contributed by atoms with van der Waals surface area (Å²) in [7, 11) is 2.15. The molecule has 3 N–H and O–H groups in total. The molecule has 0 aromatic carbocycles. The van der Waals surface area contributed by atoms with Gasteiger partial charge in [0.2, 0.25) is 0 Å². The van der Waals surface area contributed by atoms with Gasteiger partial charge in [-0.1, -0.05) is 0 Å². The Morgan fingerprint density at radius 3 is 2.72 bits per heavy atom. The number of nitrogens with two attached hydrogens (primary N) is 1. The number of likely N-dealkylation sites (tertiary alicyclic amines) is 1. The lowest BCUT2D eigenvalue weighted by Gasteiger charge is -2.28. The van der Waals surface area contributed by atoms with E-state index in [1.165, 1.54) is 12.8 Å². The summed E-state index contributed by atoms with van der Waals surface area (Å²) in [5, 5.41) is 10.9. The highest BCUT2D eigenvalue weighted by Crippen LogP contribution is 2.16. The van der Waals surface area contributed by atoms with Crippen LogP contribution in [0, 0.1) is 5.92 Å². The van der Waals surface area contributed by atoms with Crippen molar-refractivity contribution in [2.24, 2.45) is 11.7 Å². The van der Waals surface area contributed by atoms with E-state index in [2.05, 4.69) is 27.5 Å². The quantitative estimate of drug-likeness (QED) is 0.803. The van der Waals surface area contributed by atoms with E-state index in [4.69, 9.17) is 5.73 Å². The monoisotopic (exact) mass is 249 g/mol. The highest BCUT2D eigenvalue weighted by molar-refractivity contribution is 5.90. The molecule has 98 valence electrons. The van der Waals surface area contributed by atoms with Gasteiger partial charge in [-0.15, -0.1) is 10.2 Å². The van der Waals surface area contributed by atoms with Crippen molar-refractivity contribution in [2.75, 3.05) is 32.0 Å². The molecule has 1 aliphatic heterocycles. The van der Waals surface area contributed by atoms with Crippen molar-refractivity contribution in [3.8, 4) is 0 Å². The number of nitrogens with one attached hydrogen (secondary N) is 1. The number of aromatic nitrogens is 2. The normalized spacial score (nSPS) is 17.6. The second-order valence-electron chi connectivity index (χ2n) is 4.80. The summed E-state index contributed by atoms with van der Waals surface area (Å²) in [6.45, 7) is 3.20. The number of hydrogen-bond acceptors (Lipinski definition) is 5. The molecule has 2 heterocycles. The second kappa shape index (κ2) is 5.77. The smallest absolute Gasteiger partial charge is 0.269 e. The summed E-state index contributed by atoms with van der Waals surface area (Å²) in [5.41, 5.74) is 5.30. The molecule has 1 aromatic rings. The number of anilines is 1. The minimum absolute atomic E-state index is 0.194. The van der Waals surface area contributed by atoms with Crippen LogP contribution in [-0.2, 0) is 0 Å². The van der Waals surface area contributed by atoms with E-state index in [1.807, 2.05) is 0 Å². The molecule has 0 aliphatic carbocycles. The minimum Gasteiger partial charge on any atom is -0.368 e. The summed E-state index contributed by atoms with van der Waals surface area (Å²) in [6.07, 6.45) is 2.41. The van der Waals surface area contributed by atoms with Gasteiger partial charge in [-0.25, -0.2) is 0 Å². The molecule has 0 bridgehead atoms. The molecular formula is C12H19N5O. The van der Waals surface area contributed by atoms with Crippen LogP contribution in [0.3, 0.4) is 0 Å². The van der Waals surface area contributed by atoms with Gasteiger partial charge in [0, 0.05) is 6.54 Å². The Morgan fingerprint density at radius 2 is 2.17 bits per heavy atom. The van der Waals surface area contributed by atoms with E-state index < -0.39 is 5.91 Å². The number of carbonyl (C=O) groups is 1. The molecule has 1 fully saturated rings. The molecule has 2 rings (SSSR count). The van der Waals surface area contributed by atoms with E-state index in [-0.39, 0.29) is 5.69 Å². The molecule has 1 aromatic heterocycles. The Bertz CT molecular complexity index is 397. The van der Waals surface area contributed by atoms with Crippen LogP contribution >= 0.6 is 0 Å². The summed E-state index contributed by atoms with van der Waals surface area (Å²) in [6, 6.07) is 3.33. The van der Waals surface area contributed by atoms with Crippen molar-refractivity contribution in [1.82, 2.24) is 15.1 Å². The number of rotatable bonds is 4. The Kier molecular flexibility index (Phi) is 4.09. The van der Waals surface area contributed by atoms with Crippen LogP contribution in [0.25, 0.3) is 0 Å². The number of primary amides is 1. The first-order chi connectivity index (χ1) is 8.65. The third-order valence-electron chi connectivity index (χ3n) is 3.33. The van der Waals surface area contributed by atoms with E-state index in [0.717, 1.165) is 19.6 Å². The molecule has 0 spiro atoms. The Hall–Kier alpha value is -1.69. The molecule has 0 unspecified atom stereocenters. The van der Waals surface area contributed by atoms with Crippen molar-refractivity contribution >= 4 is 11.7 Å². The summed E-state index contributed by atoms with van der Waals surface area (Å²) in [5.74, 6) is 0.821. The van der Waals surface area contributed by atoms with Gasteiger partial charge in [0.1, 0.15) is 5.82 Å². The van der Waals surface area contributed by atoms with Crippen molar-refractivity contribution in [3.63, 3.8) is 0 Å². The predicted molar refractivity (Wildman–Crippen MR) is 69.3 cm³/mol. The number of piperidine rings is 1. The lowest BCUT2D eigenvalue weighted by Crippen LogP contribution is -2.33. The SMILES string of the molecule is CN1CCC(CNc2ccc(C(N)=O)nn2)CC1.